The molecule has 0 saturated heterocycles. The van der Waals surface area contributed by atoms with Crippen molar-refractivity contribution in [3.05, 3.63) is 29.8 Å². The van der Waals surface area contributed by atoms with E-state index in [1.165, 1.54) is 18.0 Å². The summed E-state index contributed by atoms with van der Waals surface area (Å²) >= 11 is 1.28. The Morgan fingerprint density at radius 3 is 2.80 bits per heavy atom. The Balaban J connectivity index is 2.51. The third-order valence-electron chi connectivity index (χ3n) is 2.45. The van der Waals surface area contributed by atoms with E-state index < -0.39 is 9.84 Å². The summed E-state index contributed by atoms with van der Waals surface area (Å²) in [7, 11) is -3.00. The lowest BCUT2D eigenvalue weighted by Gasteiger charge is -2.11. The van der Waals surface area contributed by atoms with E-state index in [4.69, 9.17) is 5.26 Å². The third kappa shape index (κ3) is 6.08. The fourth-order valence-electron chi connectivity index (χ4n) is 1.36. The van der Waals surface area contributed by atoms with Crippen LogP contribution in [0.3, 0.4) is 0 Å². The highest BCUT2D eigenvalue weighted by Crippen LogP contribution is 2.15. The van der Waals surface area contributed by atoms with Crippen LogP contribution in [0.1, 0.15) is 12.5 Å². The summed E-state index contributed by atoms with van der Waals surface area (Å²) < 4.78 is 22.0. The minimum Gasteiger partial charge on any atom is -0.325 e. The molecule has 0 fully saturated rings. The maximum atomic E-state index is 11.9. The molecule has 1 aromatic rings. The number of nitrogens with zero attached hydrogens (tertiary/aromatic N) is 1. The van der Waals surface area contributed by atoms with E-state index in [2.05, 4.69) is 5.32 Å². The zero-order valence-corrected chi connectivity index (χ0v) is 12.9. The van der Waals surface area contributed by atoms with Crippen molar-refractivity contribution in [2.45, 2.75) is 12.2 Å². The summed E-state index contributed by atoms with van der Waals surface area (Å²) in [6.45, 7) is 1.72. The number of rotatable bonds is 6. The van der Waals surface area contributed by atoms with Gasteiger partial charge in [-0.1, -0.05) is 6.07 Å². The van der Waals surface area contributed by atoms with Gasteiger partial charge in [0.25, 0.3) is 0 Å². The molecule has 0 bridgehead atoms. The Morgan fingerprint density at radius 2 is 2.20 bits per heavy atom. The maximum Gasteiger partial charge on any atom is 0.237 e. The molecule has 0 aliphatic carbocycles. The number of sulfone groups is 1. The highest BCUT2D eigenvalue weighted by molar-refractivity contribution is 8.01. The first-order valence-electron chi connectivity index (χ1n) is 5.92. The number of nitriles is 1. The van der Waals surface area contributed by atoms with Crippen LogP contribution in [0.15, 0.2) is 24.3 Å². The lowest BCUT2D eigenvalue weighted by molar-refractivity contribution is -0.115. The zero-order valence-electron chi connectivity index (χ0n) is 11.3. The number of amides is 1. The van der Waals surface area contributed by atoms with Gasteiger partial charge in [0.15, 0.2) is 0 Å². The predicted molar refractivity (Wildman–Crippen MR) is 81.4 cm³/mol. The van der Waals surface area contributed by atoms with Gasteiger partial charge in [-0.15, -0.1) is 11.8 Å². The largest absolute Gasteiger partial charge is 0.325 e. The van der Waals surface area contributed by atoms with E-state index in [0.717, 1.165) is 0 Å². The van der Waals surface area contributed by atoms with Crippen LogP contribution in [0.4, 0.5) is 5.69 Å². The first kappa shape index (κ1) is 16.5. The van der Waals surface area contributed by atoms with Gasteiger partial charge < -0.3 is 5.32 Å². The van der Waals surface area contributed by atoms with Crippen molar-refractivity contribution in [1.29, 1.82) is 5.26 Å². The number of benzene rings is 1. The molecule has 0 heterocycles. The normalized spacial score (nSPS) is 12.4. The summed E-state index contributed by atoms with van der Waals surface area (Å²) in [5.41, 5.74) is 1.03. The van der Waals surface area contributed by atoms with E-state index in [-0.39, 0.29) is 16.9 Å². The second-order valence-corrected chi connectivity index (χ2v) is 8.03. The monoisotopic (exact) mass is 312 g/mol. The van der Waals surface area contributed by atoms with E-state index >= 15 is 0 Å². The van der Waals surface area contributed by atoms with E-state index in [0.29, 0.717) is 17.0 Å². The number of nitrogens with one attached hydrogen (secondary N) is 1. The third-order valence-corrected chi connectivity index (χ3v) is 4.81. The lowest BCUT2D eigenvalue weighted by Crippen LogP contribution is -2.23. The Morgan fingerprint density at radius 1 is 1.50 bits per heavy atom. The van der Waals surface area contributed by atoms with Crippen LogP contribution < -0.4 is 5.32 Å². The van der Waals surface area contributed by atoms with Crippen LogP contribution in [0.2, 0.25) is 0 Å². The number of hydrogen-bond acceptors (Lipinski definition) is 5. The molecule has 20 heavy (non-hydrogen) atoms. The van der Waals surface area contributed by atoms with Crippen molar-refractivity contribution in [2.24, 2.45) is 0 Å². The highest BCUT2D eigenvalue weighted by Gasteiger charge is 2.14. The van der Waals surface area contributed by atoms with Gasteiger partial charge in [0.05, 0.1) is 22.6 Å². The molecule has 1 amide bonds. The summed E-state index contributed by atoms with van der Waals surface area (Å²) in [6.07, 6.45) is 1.17. The molecule has 1 rings (SSSR count). The van der Waals surface area contributed by atoms with E-state index in [1.807, 2.05) is 6.07 Å². The number of anilines is 1. The Hall–Kier alpha value is -1.52. The zero-order chi connectivity index (χ0) is 15.2. The molecule has 108 valence electrons. The molecule has 0 saturated carbocycles. The smallest absolute Gasteiger partial charge is 0.237 e. The topological polar surface area (TPSA) is 87.0 Å². The van der Waals surface area contributed by atoms with Gasteiger partial charge in [-0.25, -0.2) is 8.42 Å². The van der Waals surface area contributed by atoms with Crippen molar-refractivity contribution in [3.63, 3.8) is 0 Å². The van der Waals surface area contributed by atoms with Crippen LogP contribution in [-0.4, -0.2) is 37.3 Å². The average molecular weight is 312 g/mol. The van der Waals surface area contributed by atoms with Gasteiger partial charge in [0.2, 0.25) is 5.91 Å². The van der Waals surface area contributed by atoms with Crippen LogP contribution in [0.5, 0.6) is 0 Å². The number of carbonyl (C=O) groups excluding carboxylic acids is 1. The predicted octanol–water partition coefficient (Wildman–Crippen LogP) is 1.66. The van der Waals surface area contributed by atoms with Crippen LogP contribution >= 0.6 is 11.8 Å². The van der Waals surface area contributed by atoms with Crippen molar-refractivity contribution < 1.29 is 13.2 Å². The quantitative estimate of drug-likeness (QED) is 0.863. The second kappa shape index (κ2) is 7.31. The number of thioether (sulfide) groups is 1. The molecule has 1 N–H and O–H groups in total. The molecule has 0 aliphatic heterocycles. The highest BCUT2D eigenvalue weighted by atomic mass is 32.2. The molecule has 1 unspecified atom stereocenters. The van der Waals surface area contributed by atoms with E-state index in [1.54, 1.807) is 31.2 Å². The molecule has 1 aromatic carbocycles. The van der Waals surface area contributed by atoms with Gasteiger partial charge >= 0.3 is 0 Å². The van der Waals surface area contributed by atoms with Gasteiger partial charge in [-0.3, -0.25) is 4.79 Å². The molecule has 5 nitrogen and oxygen atoms in total. The second-order valence-electron chi connectivity index (χ2n) is 4.32. The first-order chi connectivity index (χ1) is 9.31. The Bertz CT molecular complexity index is 621. The molecule has 0 spiro atoms. The van der Waals surface area contributed by atoms with Gasteiger partial charge in [0.1, 0.15) is 9.84 Å². The fourth-order valence-corrected chi connectivity index (χ4v) is 3.52. The Kier molecular flexibility index (Phi) is 6.05. The van der Waals surface area contributed by atoms with Crippen LogP contribution in [0, 0.1) is 11.3 Å². The minimum atomic E-state index is -3.00. The molecular formula is C13H16N2O3S2. The van der Waals surface area contributed by atoms with Crippen molar-refractivity contribution >= 4 is 33.2 Å². The Labute approximate surface area is 123 Å². The van der Waals surface area contributed by atoms with Crippen molar-refractivity contribution in [1.82, 2.24) is 0 Å². The standard InChI is InChI=1S/C13H16N2O3S2/c1-10(19-6-7-20(2,17)18)13(16)15-12-5-3-4-11(8-12)9-14/h3-5,8,10H,6-7H2,1-2H3,(H,15,16). The SMILES string of the molecule is CC(SCCS(C)(=O)=O)C(=O)Nc1cccc(C#N)c1. The van der Waals surface area contributed by atoms with Gasteiger partial charge in [-0.05, 0) is 25.1 Å². The van der Waals surface area contributed by atoms with Crippen LogP contribution in [0.25, 0.3) is 0 Å². The summed E-state index contributed by atoms with van der Waals surface area (Å²) in [5, 5.41) is 11.1. The minimum absolute atomic E-state index is 0.0548. The number of carbonyl (C=O) groups is 1. The van der Waals surface area contributed by atoms with Crippen molar-refractivity contribution in [2.75, 3.05) is 23.1 Å². The summed E-state index contributed by atoms with van der Waals surface area (Å²) in [5.74, 6) is 0.226. The summed E-state index contributed by atoms with van der Waals surface area (Å²) in [4.78, 5) is 11.9. The fraction of sp³-hybridized carbons (Fsp3) is 0.385. The van der Waals surface area contributed by atoms with Crippen molar-refractivity contribution in [3.8, 4) is 6.07 Å². The average Bonchev–Trinajstić information content (AvgIpc) is 2.37. The molecule has 0 aliphatic rings. The lowest BCUT2D eigenvalue weighted by atomic mass is 10.2. The molecule has 7 heteroatoms. The number of hydrogen-bond donors (Lipinski definition) is 1. The molecule has 0 radical (unpaired) electrons. The van der Waals surface area contributed by atoms with Gasteiger partial charge in [-0.2, -0.15) is 5.26 Å². The van der Waals surface area contributed by atoms with Gasteiger partial charge in [0, 0.05) is 17.7 Å². The molecule has 0 aromatic heterocycles. The maximum absolute atomic E-state index is 11.9. The van der Waals surface area contributed by atoms with E-state index in [9.17, 15) is 13.2 Å². The molecular weight excluding hydrogens is 296 g/mol. The molecule has 1 atom stereocenters. The first-order valence-corrected chi connectivity index (χ1v) is 9.03. The summed E-state index contributed by atoms with van der Waals surface area (Å²) in [6, 6.07) is 8.63. The van der Waals surface area contributed by atoms with Crippen LogP contribution in [-0.2, 0) is 14.6 Å².